The van der Waals surface area contributed by atoms with E-state index < -0.39 is 0 Å². The van der Waals surface area contributed by atoms with Crippen LogP contribution in [0.5, 0.6) is 0 Å². The normalized spacial score (nSPS) is 20.1. The monoisotopic (exact) mass is 231 g/mol. The third-order valence-electron chi connectivity index (χ3n) is 2.63. The molecule has 1 rings (SSSR count). The lowest BCUT2D eigenvalue weighted by Gasteiger charge is -2.38. The second kappa shape index (κ2) is 5.03. The summed E-state index contributed by atoms with van der Waals surface area (Å²) >= 11 is 10.3. The van der Waals surface area contributed by atoms with E-state index in [2.05, 4.69) is 19.2 Å². The average molecular weight is 231 g/mol. The minimum absolute atomic E-state index is 0.0289. The van der Waals surface area contributed by atoms with Crippen LogP contribution in [0, 0.1) is 5.41 Å². The van der Waals surface area contributed by atoms with Crippen LogP contribution in [0.4, 0.5) is 0 Å². The first kappa shape index (κ1) is 11.9. The summed E-state index contributed by atoms with van der Waals surface area (Å²) in [7, 11) is 0. The van der Waals surface area contributed by atoms with Crippen LogP contribution in [0.25, 0.3) is 0 Å². The molecule has 0 atom stereocenters. The van der Waals surface area contributed by atoms with E-state index in [1.54, 1.807) is 0 Å². The lowest BCUT2D eigenvalue weighted by molar-refractivity contribution is 0.159. The fraction of sp³-hybridized carbons (Fsp3) is 0.800. The Morgan fingerprint density at radius 2 is 1.86 bits per heavy atom. The van der Waals surface area contributed by atoms with Crippen molar-refractivity contribution < 1.29 is 4.74 Å². The topological polar surface area (TPSA) is 21.3 Å². The van der Waals surface area contributed by atoms with Gasteiger partial charge < -0.3 is 10.1 Å². The summed E-state index contributed by atoms with van der Waals surface area (Å²) < 4.78 is 5.40. The third-order valence-corrected chi connectivity index (χ3v) is 3.39. The van der Waals surface area contributed by atoms with Gasteiger partial charge in [0.25, 0.3) is 5.17 Å². The van der Waals surface area contributed by atoms with E-state index in [4.69, 9.17) is 29.2 Å². The number of rotatable bonds is 4. The predicted molar refractivity (Wildman–Crippen MR) is 66.5 cm³/mol. The molecule has 0 amide bonds. The van der Waals surface area contributed by atoms with Gasteiger partial charge in [-0.3, -0.25) is 0 Å². The molecule has 1 aliphatic rings. The average Bonchev–Trinajstić information content (AvgIpc) is 2.13. The fourth-order valence-corrected chi connectivity index (χ4v) is 2.57. The summed E-state index contributed by atoms with van der Waals surface area (Å²) in [6, 6.07) is 0. The third kappa shape index (κ3) is 2.42. The van der Waals surface area contributed by atoms with Gasteiger partial charge in [0.05, 0.1) is 10.4 Å². The largest absolute Gasteiger partial charge is 0.470 e. The molecule has 80 valence electrons. The Balaban J connectivity index is 2.75. The Kier molecular flexibility index (Phi) is 4.26. The first-order chi connectivity index (χ1) is 6.64. The Hall–Kier alpha value is -0.220. The molecule has 2 nitrogen and oxygen atoms in total. The second-order valence-corrected chi connectivity index (χ2v) is 4.59. The van der Waals surface area contributed by atoms with Crippen LogP contribution in [0.15, 0.2) is 0 Å². The Bertz CT molecular complexity index is 234. The minimum Gasteiger partial charge on any atom is -0.470 e. The van der Waals surface area contributed by atoms with Gasteiger partial charge >= 0.3 is 0 Å². The molecule has 0 aromatic carbocycles. The van der Waals surface area contributed by atoms with Crippen molar-refractivity contribution in [2.75, 3.05) is 6.61 Å². The van der Waals surface area contributed by atoms with Gasteiger partial charge in [0.15, 0.2) is 0 Å². The molecule has 1 fully saturated rings. The van der Waals surface area contributed by atoms with E-state index in [1.807, 2.05) is 0 Å². The van der Waals surface area contributed by atoms with Crippen molar-refractivity contribution in [2.24, 2.45) is 5.41 Å². The van der Waals surface area contributed by atoms with Gasteiger partial charge in [-0.1, -0.05) is 38.9 Å². The van der Waals surface area contributed by atoms with E-state index >= 15 is 0 Å². The molecule has 14 heavy (non-hydrogen) atoms. The summed E-state index contributed by atoms with van der Waals surface area (Å²) in [4.78, 5) is 0.873. The molecule has 0 unspecified atom stereocenters. The van der Waals surface area contributed by atoms with Crippen molar-refractivity contribution in [3.63, 3.8) is 0 Å². The molecular weight excluding hydrogens is 214 g/mol. The maximum atomic E-state index is 5.40. The van der Waals surface area contributed by atoms with Crippen LogP contribution in [0.3, 0.4) is 0 Å². The predicted octanol–water partition coefficient (Wildman–Crippen LogP) is 2.81. The maximum absolute atomic E-state index is 5.40. The van der Waals surface area contributed by atoms with E-state index in [9.17, 15) is 0 Å². The first-order valence-corrected chi connectivity index (χ1v) is 5.94. The molecular formula is C10H17NOS2. The number of hydrogen-bond acceptors (Lipinski definition) is 3. The van der Waals surface area contributed by atoms with Crippen LogP contribution in [0.2, 0.25) is 0 Å². The summed E-state index contributed by atoms with van der Waals surface area (Å²) in [6.45, 7) is 5.00. The van der Waals surface area contributed by atoms with Crippen LogP contribution in [-0.2, 0) is 4.74 Å². The number of nitrogens with one attached hydrogen (secondary N) is 1. The molecule has 0 spiro atoms. The van der Waals surface area contributed by atoms with Crippen LogP contribution < -0.4 is 5.32 Å². The molecule has 0 bridgehead atoms. The molecule has 4 heteroatoms. The van der Waals surface area contributed by atoms with Crippen molar-refractivity contribution in [3.8, 4) is 0 Å². The smallest absolute Gasteiger partial charge is 0.261 e. The van der Waals surface area contributed by atoms with Gasteiger partial charge in [-0.15, -0.1) is 0 Å². The highest BCUT2D eigenvalue weighted by Gasteiger charge is 2.38. The van der Waals surface area contributed by atoms with Crippen LogP contribution in [0.1, 0.15) is 39.5 Å². The minimum atomic E-state index is 0.0289. The number of ether oxygens (including phenoxy) is 1. The van der Waals surface area contributed by atoms with Crippen LogP contribution >= 0.6 is 24.4 Å². The standard InChI is InChI=1S/C10H17NOS2/c1-3-5-10(6-4-2)7-12-9(14)11-8(10)13/h3-7H2,1-2H3,(H,11,13,14). The van der Waals surface area contributed by atoms with Gasteiger partial charge in [-0.2, -0.15) is 0 Å². The first-order valence-electron chi connectivity index (χ1n) is 5.13. The van der Waals surface area contributed by atoms with Crippen molar-refractivity contribution >= 4 is 34.6 Å². The molecule has 1 N–H and O–H groups in total. The van der Waals surface area contributed by atoms with Gasteiger partial charge in [0.1, 0.15) is 6.61 Å². The lowest BCUT2D eigenvalue weighted by Crippen LogP contribution is -2.51. The van der Waals surface area contributed by atoms with E-state index in [0.29, 0.717) is 11.8 Å². The lowest BCUT2D eigenvalue weighted by atomic mass is 9.79. The molecule has 0 saturated carbocycles. The Morgan fingerprint density at radius 3 is 2.29 bits per heavy atom. The zero-order chi connectivity index (χ0) is 10.6. The summed E-state index contributed by atoms with van der Waals surface area (Å²) in [6.07, 6.45) is 4.40. The van der Waals surface area contributed by atoms with E-state index in [-0.39, 0.29) is 5.41 Å². The SMILES string of the molecule is CCCC1(CCC)COC(=S)NC1=S. The van der Waals surface area contributed by atoms with E-state index in [1.165, 1.54) is 0 Å². The maximum Gasteiger partial charge on any atom is 0.261 e. The molecule has 0 radical (unpaired) electrons. The fourth-order valence-electron chi connectivity index (χ4n) is 1.98. The summed E-state index contributed by atoms with van der Waals surface area (Å²) in [5.41, 5.74) is 0.0289. The highest BCUT2D eigenvalue weighted by molar-refractivity contribution is 7.81. The van der Waals surface area contributed by atoms with Crippen molar-refractivity contribution in [3.05, 3.63) is 0 Å². The zero-order valence-electron chi connectivity index (χ0n) is 8.76. The highest BCUT2D eigenvalue weighted by Crippen LogP contribution is 2.33. The molecule has 0 aliphatic carbocycles. The summed E-state index contributed by atoms with van der Waals surface area (Å²) in [5.74, 6) is 0. The van der Waals surface area contributed by atoms with Crippen LogP contribution in [-0.4, -0.2) is 16.8 Å². The number of hydrogen-bond donors (Lipinski definition) is 1. The Labute approximate surface area is 96.4 Å². The number of thiocarbonyl (C=S) groups is 2. The molecule has 0 aromatic heterocycles. The van der Waals surface area contributed by atoms with Crippen molar-refractivity contribution in [1.82, 2.24) is 5.32 Å². The van der Waals surface area contributed by atoms with E-state index in [0.717, 1.165) is 30.7 Å². The Morgan fingerprint density at radius 1 is 1.29 bits per heavy atom. The highest BCUT2D eigenvalue weighted by atomic mass is 32.1. The molecule has 1 heterocycles. The zero-order valence-corrected chi connectivity index (χ0v) is 10.4. The van der Waals surface area contributed by atoms with Gasteiger partial charge in [-0.05, 0) is 25.1 Å². The quantitative estimate of drug-likeness (QED) is 0.751. The molecule has 0 aromatic rings. The van der Waals surface area contributed by atoms with Gasteiger partial charge in [0, 0.05) is 0 Å². The van der Waals surface area contributed by atoms with Gasteiger partial charge in [0.2, 0.25) is 0 Å². The molecule has 1 saturated heterocycles. The molecule has 1 aliphatic heterocycles. The van der Waals surface area contributed by atoms with Crippen molar-refractivity contribution in [2.45, 2.75) is 39.5 Å². The summed E-state index contributed by atoms with van der Waals surface area (Å²) in [5, 5.41) is 3.41. The van der Waals surface area contributed by atoms with Crippen molar-refractivity contribution in [1.29, 1.82) is 0 Å². The second-order valence-electron chi connectivity index (χ2n) is 3.81. The van der Waals surface area contributed by atoms with Gasteiger partial charge in [-0.25, -0.2) is 0 Å².